The van der Waals surface area contributed by atoms with E-state index in [-0.39, 0.29) is 5.69 Å². The molecule has 0 spiro atoms. The summed E-state index contributed by atoms with van der Waals surface area (Å²) in [4.78, 5) is 8.34. The van der Waals surface area contributed by atoms with Gasteiger partial charge in [0.15, 0.2) is 5.69 Å². The molecule has 0 saturated heterocycles. The van der Waals surface area contributed by atoms with E-state index < -0.39 is 0 Å². The fourth-order valence-corrected chi connectivity index (χ4v) is 2.45. The molecule has 0 unspecified atom stereocenters. The van der Waals surface area contributed by atoms with E-state index in [1.165, 1.54) is 11.3 Å². The van der Waals surface area contributed by atoms with Gasteiger partial charge in [-0.2, -0.15) is 9.94 Å². The summed E-state index contributed by atoms with van der Waals surface area (Å²) in [6, 6.07) is 5.68. The molecule has 0 amide bonds. The van der Waals surface area contributed by atoms with Crippen molar-refractivity contribution in [1.29, 1.82) is 5.26 Å². The molecular formula is C12H8N6S. The van der Waals surface area contributed by atoms with Crippen LogP contribution in [0.2, 0.25) is 0 Å². The maximum absolute atomic E-state index is 9.15. The van der Waals surface area contributed by atoms with Gasteiger partial charge in [-0.15, -0.1) is 16.4 Å². The molecule has 0 aliphatic carbocycles. The summed E-state index contributed by atoms with van der Waals surface area (Å²) in [5.41, 5.74) is 2.66. The van der Waals surface area contributed by atoms with Crippen molar-refractivity contribution in [2.45, 2.75) is 6.92 Å². The zero-order chi connectivity index (χ0) is 13.2. The van der Waals surface area contributed by atoms with Gasteiger partial charge in [0.25, 0.3) is 0 Å². The maximum Gasteiger partial charge on any atom is 0.212 e. The van der Waals surface area contributed by atoms with Crippen LogP contribution in [0.3, 0.4) is 0 Å². The average Bonchev–Trinajstić information content (AvgIpc) is 3.05. The lowest BCUT2D eigenvalue weighted by molar-refractivity contribution is 0.798. The van der Waals surface area contributed by atoms with Crippen molar-refractivity contribution < 1.29 is 0 Å². The summed E-state index contributed by atoms with van der Waals surface area (Å²) in [6.45, 7) is 1.91. The first-order valence-corrected chi connectivity index (χ1v) is 6.36. The fraction of sp³-hybridized carbons (Fsp3) is 0.0833. The van der Waals surface area contributed by atoms with E-state index in [2.05, 4.69) is 26.3 Å². The predicted molar refractivity (Wildman–Crippen MR) is 69.7 cm³/mol. The summed E-state index contributed by atoms with van der Waals surface area (Å²) in [5, 5.41) is 19.7. The van der Waals surface area contributed by atoms with Crippen LogP contribution in [0.25, 0.3) is 16.4 Å². The third-order valence-electron chi connectivity index (χ3n) is 2.52. The lowest BCUT2D eigenvalue weighted by atomic mass is 10.1. The Labute approximate surface area is 113 Å². The van der Waals surface area contributed by atoms with Gasteiger partial charge in [0.05, 0.1) is 5.69 Å². The Hall–Kier alpha value is -2.59. The van der Waals surface area contributed by atoms with Gasteiger partial charge in [-0.25, -0.2) is 4.98 Å². The van der Waals surface area contributed by atoms with Gasteiger partial charge in [-0.05, 0) is 19.1 Å². The molecule has 3 heterocycles. The normalized spacial score (nSPS) is 10.3. The highest BCUT2D eigenvalue weighted by Crippen LogP contribution is 2.25. The Kier molecular flexibility index (Phi) is 2.78. The molecule has 3 aromatic rings. The van der Waals surface area contributed by atoms with Crippen LogP contribution in [0.15, 0.2) is 29.9 Å². The molecule has 0 aliphatic rings. The van der Waals surface area contributed by atoms with E-state index in [4.69, 9.17) is 5.26 Å². The fourth-order valence-electron chi connectivity index (χ4n) is 1.70. The van der Waals surface area contributed by atoms with Crippen LogP contribution < -0.4 is 0 Å². The van der Waals surface area contributed by atoms with Gasteiger partial charge in [0.1, 0.15) is 11.8 Å². The lowest BCUT2D eigenvalue weighted by Crippen LogP contribution is -1.99. The quantitative estimate of drug-likeness (QED) is 0.709. The first kappa shape index (κ1) is 11.5. The maximum atomic E-state index is 9.15. The van der Waals surface area contributed by atoms with Crippen LogP contribution in [0.1, 0.15) is 11.4 Å². The topological polar surface area (TPSA) is 80.3 Å². The molecule has 3 aromatic heterocycles. The monoisotopic (exact) mass is 268 g/mol. The Balaban J connectivity index is 2.23. The molecule has 7 heteroatoms. The second-order valence-corrected chi connectivity index (χ2v) is 4.65. The molecule has 0 aromatic carbocycles. The molecule has 92 valence electrons. The van der Waals surface area contributed by atoms with Crippen molar-refractivity contribution in [1.82, 2.24) is 25.0 Å². The highest BCUT2D eigenvalue weighted by molar-refractivity contribution is 7.12. The number of hydrogen-bond acceptors (Lipinski definition) is 6. The molecule has 0 saturated carbocycles. The van der Waals surface area contributed by atoms with Crippen molar-refractivity contribution >= 4 is 11.3 Å². The number of hydrogen-bond donors (Lipinski definition) is 0. The smallest absolute Gasteiger partial charge is 0.212 e. The number of rotatable bonds is 2. The van der Waals surface area contributed by atoms with Gasteiger partial charge < -0.3 is 0 Å². The lowest BCUT2D eigenvalue weighted by Gasteiger charge is -2.02. The van der Waals surface area contributed by atoms with Gasteiger partial charge in [-0.1, -0.05) is 5.21 Å². The highest BCUT2D eigenvalue weighted by Gasteiger charge is 2.17. The molecule has 0 bridgehead atoms. The zero-order valence-electron chi connectivity index (χ0n) is 9.98. The van der Waals surface area contributed by atoms with E-state index in [0.717, 1.165) is 11.3 Å². The summed E-state index contributed by atoms with van der Waals surface area (Å²) < 4.78 is 1.59. The van der Waals surface area contributed by atoms with Crippen LogP contribution in [-0.4, -0.2) is 25.0 Å². The number of pyridine rings is 1. The van der Waals surface area contributed by atoms with Crippen molar-refractivity contribution in [3.63, 3.8) is 0 Å². The van der Waals surface area contributed by atoms with E-state index in [9.17, 15) is 0 Å². The average molecular weight is 268 g/mol. The number of aromatic nitrogens is 5. The van der Waals surface area contributed by atoms with Crippen molar-refractivity contribution in [2.24, 2.45) is 0 Å². The second-order valence-electron chi connectivity index (χ2n) is 3.82. The number of nitriles is 1. The van der Waals surface area contributed by atoms with Crippen LogP contribution in [-0.2, 0) is 0 Å². The SMILES string of the molecule is Cc1csc(-n2nnc(C#N)c2-c2ccncc2)n1. The minimum Gasteiger partial charge on any atom is -0.265 e. The molecule has 0 aliphatic heterocycles. The third kappa shape index (κ3) is 1.98. The summed E-state index contributed by atoms with van der Waals surface area (Å²) in [5.74, 6) is 0. The van der Waals surface area contributed by atoms with Crippen LogP contribution >= 0.6 is 11.3 Å². The van der Waals surface area contributed by atoms with Crippen LogP contribution in [0.4, 0.5) is 0 Å². The first-order chi connectivity index (χ1) is 9.29. The van der Waals surface area contributed by atoms with Gasteiger partial charge in [0, 0.05) is 23.3 Å². The zero-order valence-corrected chi connectivity index (χ0v) is 10.8. The van der Waals surface area contributed by atoms with Gasteiger partial charge in [-0.3, -0.25) is 4.98 Å². The Morgan fingerprint density at radius 1 is 1.32 bits per heavy atom. The highest BCUT2D eigenvalue weighted by atomic mass is 32.1. The van der Waals surface area contributed by atoms with Crippen molar-refractivity contribution in [2.75, 3.05) is 0 Å². The van der Waals surface area contributed by atoms with E-state index in [1.807, 2.05) is 24.4 Å². The Morgan fingerprint density at radius 2 is 2.11 bits per heavy atom. The molecule has 0 radical (unpaired) electrons. The van der Waals surface area contributed by atoms with E-state index in [0.29, 0.717) is 10.8 Å². The van der Waals surface area contributed by atoms with Gasteiger partial charge in [0.2, 0.25) is 5.13 Å². The Bertz CT molecular complexity index is 752. The molecule has 6 nitrogen and oxygen atoms in total. The second kappa shape index (κ2) is 4.59. The first-order valence-electron chi connectivity index (χ1n) is 5.48. The number of nitrogens with zero attached hydrogens (tertiary/aromatic N) is 6. The summed E-state index contributed by atoms with van der Waals surface area (Å²) >= 11 is 1.46. The predicted octanol–water partition coefficient (Wildman–Crippen LogP) is 1.97. The minimum atomic E-state index is 0.277. The van der Waals surface area contributed by atoms with Gasteiger partial charge >= 0.3 is 0 Å². The minimum absolute atomic E-state index is 0.277. The van der Waals surface area contributed by atoms with Crippen molar-refractivity contribution in [3.05, 3.63) is 41.3 Å². The molecule has 3 rings (SSSR count). The molecule has 0 atom stereocenters. The number of aryl methyl sites for hydroxylation is 1. The third-order valence-corrected chi connectivity index (χ3v) is 3.45. The van der Waals surface area contributed by atoms with E-state index >= 15 is 0 Å². The number of thiazole rings is 1. The summed E-state index contributed by atoms with van der Waals surface area (Å²) in [6.07, 6.45) is 3.34. The largest absolute Gasteiger partial charge is 0.265 e. The molecular weight excluding hydrogens is 260 g/mol. The van der Waals surface area contributed by atoms with Crippen molar-refractivity contribution in [3.8, 4) is 22.5 Å². The standard InChI is InChI=1S/C12H8N6S/c1-8-7-19-12(15-8)18-11(10(6-13)16-17-18)9-2-4-14-5-3-9/h2-5,7H,1H3. The van der Waals surface area contributed by atoms with E-state index in [1.54, 1.807) is 17.1 Å². The van der Waals surface area contributed by atoms with Crippen LogP contribution in [0.5, 0.6) is 0 Å². The molecule has 0 N–H and O–H groups in total. The van der Waals surface area contributed by atoms with Crippen LogP contribution in [0, 0.1) is 18.3 Å². The summed E-state index contributed by atoms with van der Waals surface area (Å²) in [7, 11) is 0. The molecule has 0 fully saturated rings. The Morgan fingerprint density at radius 3 is 2.74 bits per heavy atom. The molecule has 19 heavy (non-hydrogen) atoms.